The maximum atomic E-state index is 13.0. The van der Waals surface area contributed by atoms with Crippen LogP contribution in [0.25, 0.3) is 10.2 Å². The SMILES string of the molecule is O=C(CN1C(=O)NC2(CCCCC2)C1=O)N1CCC[C@H](c2nc3ccccc3s2)C1. The molecule has 1 N–H and O–H groups in total. The molecule has 1 atom stereocenters. The molecule has 0 bridgehead atoms. The fraction of sp³-hybridized carbons (Fsp3) is 0.545. The highest BCUT2D eigenvalue weighted by Gasteiger charge is 2.51. The number of urea groups is 1. The van der Waals surface area contributed by atoms with Gasteiger partial charge in [-0.15, -0.1) is 11.3 Å². The molecule has 0 radical (unpaired) electrons. The molecule has 0 unspecified atom stereocenters. The van der Waals surface area contributed by atoms with Crippen LogP contribution in [0.3, 0.4) is 0 Å². The topological polar surface area (TPSA) is 82.6 Å². The van der Waals surface area contributed by atoms with Crippen LogP contribution in [-0.4, -0.2) is 57.8 Å². The van der Waals surface area contributed by atoms with E-state index >= 15 is 0 Å². The minimum Gasteiger partial charge on any atom is -0.340 e. The van der Waals surface area contributed by atoms with Gasteiger partial charge >= 0.3 is 6.03 Å². The molecule has 2 aromatic rings. The average molecular weight is 427 g/mol. The summed E-state index contributed by atoms with van der Waals surface area (Å²) in [4.78, 5) is 46.1. The number of amides is 4. The van der Waals surface area contributed by atoms with Crippen LogP contribution in [0, 0.1) is 0 Å². The Bertz CT molecular complexity index is 964. The Balaban J connectivity index is 1.27. The van der Waals surface area contributed by atoms with Gasteiger partial charge in [-0.05, 0) is 37.8 Å². The van der Waals surface area contributed by atoms with Crippen molar-refractivity contribution in [1.29, 1.82) is 0 Å². The van der Waals surface area contributed by atoms with E-state index in [1.807, 2.05) is 18.2 Å². The summed E-state index contributed by atoms with van der Waals surface area (Å²) >= 11 is 1.69. The molecule has 1 aromatic heterocycles. The Morgan fingerprint density at radius 1 is 1.17 bits per heavy atom. The van der Waals surface area contributed by atoms with E-state index < -0.39 is 11.6 Å². The third kappa shape index (κ3) is 3.37. The molecule has 30 heavy (non-hydrogen) atoms. The van der Waals surface area contributed by atoms with Crippen molar-refractivity contribution >= 4 is 39.4 Å². The molecule has 5 rings (SSSR count). The van der Waals surface area contributed by atoms with Gasteiger partial charge in [0.2, 0.25) is 5.91 Å². The number of carbonyl (C=O) groups is 3. The number of rotatable bonds is 3. The Morgan fingerprint density at radius 2 is 1.97 bits per heavy atom. The first-order valence-electron chi connectivity index (χ1n) is 10.8. The van der Waals surface area contributed by atoms with Crippen LogP contribution < -0.4 is 5.32 Å². The second-order valence-corrected chi connectivity index (χ2v) is 9.73. The van der Waals surface area contributed by atoms with Gasteiger partial charge in [-0.2, -0.15) is 0 Å². The van der Waals surface area contributed by atoms with Crippen LogP contribution in [-0.2, 0) is 9.59 Å². The Hall–Kier alpha value is -2.48. The second-order valence-electron chi connectivity index (χ2n) is 8.66. The normalized spacial score (nSPS) is 23.9. The van der Waals surface area contributed by atoms with E-state index in [2.05, 4.69) is 11.4 Å². The van der Waals surface area contributed by atoms with E-state index in [1.165, 1.54) is 0 Å². The van der Waals surface area contributed by atoms with Crippen LogP contribution in [0.1, 0.15) is 55.9 Å². The highest BCUT2D eigenvalue weighted by atomic mass is 32.1. The number of likely N-dealkylation sites (tertiary alicyclic amines) is 1. The van der Waals surface area contributed by atoms with Gasteiger partial charge in [-0.25, -0.2) is 9.78 Å². The van der Waals surface area contributed by atoms with Crippen molar-refractivity contribution in [3.63, 3.8) is 0 Å². The molecule has 1 spiro atoms. The maximum absolute atomic E-state index is 13.0. The summed E-state index contributed by atoms with van der Waals surface area (Å²) in [5.41, 5.74) is 0.221. The second kappa shape index (κ2) is 7.65. The summed E-state index contributed by atoms with van der Waals surface area (Å²) in [5, 5.41) is 3.95. The number of benzene rings is 1. The highest BCUT2D eigenvalue weighted by molar-refractivity contribution is 7.18. The molecule has 158 valence electrons. The number of hydrogen-bond acceptors (Lipinski definition) is 5. The minimum atomic E-state index is -0.777. The van der Waals surface area contributed by atoms with E-state index in [-0.39, 0.29) is 24.3 Å². The lowest BCUT2D eigenvalue weighted by atomic mass is 9.82. The number of carbonyl (C=O) groups excluding carboxylic acids is 3. The maximum Gasteiger partial charge on any atom is 0.325 e. The van der Waals surface area contributed by atoms with Crippen molar-refractivity contribution < 1.29 is 14.4 Å². The first-order valence-corrected chi connectivity index (χ1v) is 11.6. The zero-order valence-electron chi connectivity index (χ0n) is 16.9. The Morgan fingerprint density at radius 3 is 2.77 bits per heavy atom. The minimum absolute atomic E-state index is 0.155. The molecule has 3 fully saturated rings. The number of thiazole rings is 1. The summed E-state index contributed by atoms with van der Waals surface area (Å²) in [5.74, 6) is -0.176. The predicted molar refractivity (Wildman–Crippen MR) is 114 cm³/mol. The predicted octanol–water partition coefficient (Wildman–Crippen LogP) is 3.26. The van der Waals surface area contributed by atoms with Gasteiger partial charge in [-0.1, -0.05) is 31.4 Å². The standard InChI is InChI=1S/C22H26N4O3S/c27-18(14-26-20(28)22(24-21(26)29)10-4-1-5-11-22)25-12-6-7-15(13-25)19-23-16-8-2-3-9-17(16)30-19/h2-3,8-9,15H,1,4-7,10-14H2,(H,24,29)/t15-/m0/s1. The van der Waals surface area contributed by atoms with Crippen molar-refractivity contribution in [3.8, 4) is 0 Å². The molecule has 8 heteroatoms. The van der Waals surface area contributed by atoms with E-state index in [0.717, 1.165) is 52.2 Å². The van der Waals surface area contributed by atoms with Gasteiger partial charge in [0.05, 0.1) is 15.2 Å². The third-order valence-corrected chi connectivity index (χ3v) is 7.88. The number of fused-ring (bicyclic) bond motifs is 1. The molecule has 2 saturated heterocycles. The number of nitrogens with one attached hydrogen (secondary N) is 1. The molecular formula is C22H26N4O3S. The molecule has 3 aliphatic rings. The zero-order chi connectivity index (χ0) is 20.7. The van der Waals surface area contributed by atoms with Crippen molar-refractivity contribution in [3.05, 3.63) is 29.3 Å². The third-order valence-electron chi connectivity index (χ3n) is 6.68. The molecule has 1 saturated carbocycles. The van der Waals surface area contributed by atoms with Crippen molar-refractivity contribution in [2.45, 2.75) is 56.4 Å². The van der Waals surface area contributed by atoms with Crippen LogP contribution >= 0.6 is 11.3 Å². The Kier molecular flexibility index (Phi) is 4.97. The lowest BCUT2D eigenvalue weighted by Crippen LogP contribution is -2.49. The van der Waals surface area contributed by atoms with Gasteiger partial charge in [0.25, 0.3) is 5.91 Å². The number of piperidine rings is 1. The molecule has 1 aliphatic carbocycles. The lowest BCUT2D eigenvalue weighted by Gasteiger charge is -2.33. The number of nitrogens with zero attached hydrogens (tertiary/aromatic N) is 3. The summed E-state index contributed by atoms with van der Waals surface area (Å²) in [6.45, 7) is 1.08. The largest absolute Gasteiger partial charge is 0.340 e. The quantitative estimate of drug-likeness (QED) is 0.764. The van der Waals surface area contributed by atoms with Crippen LogP contribution in [0.5, 0.6) is 0 Å². The van der Waals surface area contributed by atoms with Gasteiger partial charge in [-0.3, -0.25) is 14.5 Å². The molecular weight excluding hydrogens is 400 g/mol. The average Bonchev–Trinajstić information content (AvgIpc) is 3.30. The number of aromatic nitrogens is 1. The van der Waals surface area contributed by atoms with Gasteiger partial charge in [0.1, 0.15) is 12.1 Å². The number of imide groups is 1. The van der Waals surface area contributed by atoms with Crippen LogP contribution in [0.4, 0.5) is 4.79 Å². The van der Waals surface area contributed by atoms with Gasteiger partial charge in [0.15, 0.2) is 0 Å². The summed E-state index contributed by atoms with van der Waals surface area (Å²) in [6.07, 6.45) is 6.20. The van der Waals surface area contributed by atoms with E-state index in [9.17, 15) is 14.4 Å². The summed E-state index contributed by atoms with van der Waals surface area (Å²) in [7, 11) is 0. The van der Waals surface area contributed by atoms with Gasteiger partial charge in [0, 0.05) is 19.0 Å². The van der Waals surface area contributed by atoms with Crippen molar-refractivity contribution in [2.75, 3.05) is 19.6 Å². The van der Waals surface area contributed by atoms with Crippen molar-refractivity contribution in [1.82, 2.24) is 20.1 Å². The first-order chi connectivity index (χ1) is 14.6. The Labute approximate surface area is 179 Å². The molecule has 3 heterocycles. The fourth-order valence-corrected chi connectivity index (χ4v) is 6.11. The summed E-state index contributed by atoms with van der Waals surface area (Å²) in [6, 6.07) is 7.66. The molecule has 2 aliphatic heterocycles. The first kappa shape index (κ1) is 19.5. The monoisotopic (exact) mass is 426 g/mol. The summed E-state index contributed by atoms with van der Waals surface area (Å²) < 4.78 is 1.16. The van der Waals surface area contributed by atoms with E-state index in [0.29, 0.717) is 25.9 Å². The van der Waals surface area contributed by atoms with Crippen LogP contribution in [0.15, 0.2) is 24.3 Å². The van der Waals surface area contributed by atoms with Gasteiger partial charge < -0.3 is 10.2 Å². The van der Waals surface area contributed by atoms with E-state index in [4.69, 9.17) is 4.98 Å². The lowest BCUT2D eigenvalue weighted by molar-refractivity contribution is -0.140. The fourth-order valence-electron chi connectivity index (χ4n) is 5.02. The smallest absolute Gasteiger partial charge is 0.325 e. The van der Waals surface area contributed by atoms with Crippen LogP contribution in [0.2, 0.25) is 0 Å². The molecule has 7 nitrogen and oxygen atoms in total. The number of para-hydroxylation sites is 1. The molecule has 4 amide bonds. The van der Waals surface area contributed by atoms with E-state index in [1.54, 1.807) is 16.2 Å². The van der Waals surface area contributed by atoms with Crippen molar-refractivity contribution in [2.24, 2.45) is 0 Å². The number of hydrogen-bond donors (Lipinski definition) is 1. The molecule has 1 aromatic carbocycles. The highest BCUT2D eigenvalue weighted by Crippen LogP contribution is 2.35. The zero-order valence-corrected chi connectivity index (χ0v) is 17.7.